The molecular formula is C20H26N4O2. The zero-order valence-corrected chi connectivity index (χ0v) is 15.7. The molecule has 2 aromatic heterocycles. The zero-order chi connectivity index (χ0) is 18.7. The first kappa shape index (κ1) is 18.0. The van der Waals surface area contributed by atoms with Gasteiger partial charge < -0.3 is 19.6 Å². The maximum atomic E-state index is 12.8. The van der Waals surface area contributed by atoms with Gasteiger partial charge in [0.1, 0.15) is 11.6 Å². The quantitative estimate of drug-likeness (QED) is 0.689. The van der Waals surface area contributed by atoms with Gasteiger partial charge in [-0.25, -0.2) is 9.78 Å². The van der Waals surface area contributed by atoms with Gasteiger partial charge in [-0.15, -0.1) is 0 Å². The minimum Gasteiger partial charge on any atom is -0.467 e. The van der Waals surface area contributed by atoms with Gasteiger partial charge in [-0.3, -0.25) is 0 Å². The van der Waals surface area contributed by atoms with Crippen LogP contribution in [0.2, 0.25) is 0 Å². The molecule has 2 N–H and O–H groups in total. The Morgan fingerprint density at radius 1 is 1.31 bits per heavy atom. The van der Waals surface area contributed by atoms with Crippen molar-refractivity contribution in [3.05, 3.63) is 53.7 Å². The monoisotopic (exact) mass is 354 g/mol. The summed E-state index contributed by atoms with van der Waals surface area (Å²) in [5.74, 6) is 1.88. The average Bonchev–Trinajstić information content (AvgIpc) is 3.22. The molecule has 1 unspecified atom stereocenters. The number of furan rings is 1. The van der Waals surface area contributed by atoms with Crippen LogP contribution in [-0.4, -0.2) is 27.4 Å². The third-order valence-electron chi connectivity index (χ3n) is 4.21. The molecule has 3 rings (SSSR count). The highest BCUT2D eigenvalue weighted by atomic mass is 16.3. The Labute approximate surface area is 153 Å². The van der Waals surface area contributed by atoms with Gasteiger partial charge >= 0.3 is 6.03 Å². The molecule has 3 aromatic rings. The molecule has 6 nitrogen and oxygen atoms in total. The lowest BCUT2D eigenvalue weighted by atomic mass is 10.2. The number of rotatable bonds is 6. The molecule has 6 heteroatoms. The molecule has 0 aliphatic heterocycles. The van der Waals surface area contributed by atoms with E-state index in [0.717, 1.165) is 22.6 Å². The van der Waals surface area contributed by atoms with Crippen LogP contribution >= 0.6 is 0 Å². The van der Waals surface area contributed by atoms with Crippen LogP contribution in [0.3, 0.4) is 0 Å². The fourth-order valence-electron chi connectivity index (χ4n) is 2.94. The average molecular weight is 354 g/mol. The number of H-pyrrole nitrogens is 1. The highest BCUT2D eigenvalue weighted by Crippen LogP contribution is 2.18. The van der Waals surface area contributed by atoms with E-state index in [2.05, 4.69) is 35.2 Å². The van der Waals surface area contributed by atoms with Gasteiger partial charge in [0, 0.05) is 6.54 Å². The van der Waals surface area contributed by atoms with E-state index in [0.29, 0.717) is 19.0 Å². The summed E-state index contributed by atoms with van der Waals surface area (Å²) in [5, 5.41) is 3.04. The number of aromatic nitrogens is 2. The van der Waals surface area contributed by atoms with Crippen LogP contribution in [-0.2, 0) is 6.54 Å². The lowest BCUT2D eigenvalue weighted by molar-refractivity contribution is 0.179. The fourth-order valence-corrected chi connectivity index (χ4v) is 2.94. The molecule has 26 heavy (non-hydrogen) atoms. The lowest BCUT2D eigenvalue weighted by Gasteiger charge is -2.25. The third kappa shape index (κ3) is 4.25. The summed E-state index contributed by atoms with van der Waals surface area (Å²) >= 11 is 0. The summed E-state index contributed by atoms with van der Waals surface area (Å²) in [4.78, 5) is 22.5. The summed E-state index contributed by atoms with van der Waals surface area (Å²) in [7, 11) is 0. The highest BCUT2D eigenvalue weighted by molar-refractivity contribution is 5.77. The van der Waals surface area contributed by atoms with E-state index in [-0.39, 0.29) is 12.1 Å². The molecular weight excluding hydrogens is 328 g/mol. The third-order valence-corrected chi connectivity index (χ3v) is 4.21. The topological polar surface area (TPSA) is 74.2 Å². The second-order valence-electron chi connectivity index (χ2n) is 7.17. The Balaban J connectivity index is 1.72. The number of carbonyl (C=O) groups excluding carboxylic acids is 1. The molecule has 0 spiro atoms. The molecule has 0 bridgehead atoms. The number of amides is 2. The Hall–Kier alpha value is -2.76. The maximum Gasteiger partial charge on any atom is 0.318 e. The molecule has 0 fully saturated rings. The van der Waals surface area contributed by atoms with Crippen LogP contribution in [0.15, 0.2) is 41.0 Å². The van der Waals surface area contributed by atoms with Crippen molar-refractivity contribution >= 4 is 17.1 Å². The Morgan fingerprint density at radius 3 is 2.81 bits per heavy atom. The number of fused-ring (bicyclic) bond motifs is 1. The first-order valence-electron chi connectivity index (χ1n) is 8.96. The van der Waals surface area contributed by atoms with Crippen molar-refractivity contribution in [1.29, 1.82) is 0 Å². The predicted octanol–water partition coefficient (Wildman–Crippen LogP) is 4.39. The van der Waals surface area contributed by atoms with Crippen LogP contribution in [0.25, 0.3) is 11.0 Å². The maximum absolute atomic E-state index is 12.8. The number of urea groups is 1. The minimum absolute atomic E-state index is 0.126. The van der Waals surface area contributed by atoms with Crippen LogP contribution in [0.1, 0.15) is 44.0 Å². The van der Waals surface area contributed by atoms with Crippen molar-refractivity contribution in [3.63, 3.8) is 0 Å². The molecule has 0 saturated heterocycles. The highest BCUT2D eigenvalue weighted by Gasteiger charge is 2.20. The van der Waals surface area contributed by atoms with Crippen LogP contribution in [0.5, 0.6) is 0 Å². The smallest absolute Gasteiger partial charge is 0.318 e. The van der Waals surface area contributed by atoms with Crippen LogP contribution in [0.4, 0.5) is 4.79 Å². The molecule has 1 atom stereocenters. The number of carbonyl (C=O) groups is 1. The van der Waals surface area contributed by atoms with Crippen molar-refractivity contribution < 1.29 is 9.21 Å². The van der Waals surface area contributed by atoms with Gasteiger partial charge in [-0.2, -0.15) is 0 Å². The van der Waals surface area contributed by atoms with E-state index in [1.807, 2.05) is 38.1 Å². The van der Waals surface area contributed by atoms with Gasteiger partial charge in [-0.1, -0.05) is 19.9 Å². The van der Waals surface area contributed by atoms with Crippen LogP contribution < -0.4 is 5.32 Å². The summed E-state index contributed by atoms with van der Waals surface area (Å²) in [6, 6.07) is 9.44. The Bertz CT molecular complexity index is 867. The SMILES string of the molecule is Cc1ccc2nc(C(C)NC(=O)N(Cc3ccco3)CC(C)C)[nH]c2c1. The van der Waals surface area contributed by atoms with Crippen molar-refractivity contribution in [2.75, 3.05) is 6.54 Å². The lowest BCUT2D eigenvalue weighted by Crippen LogP contribution is -2.42. The second kappa shape index (κ2) is 7.64. The van der Waals surface area contributed by atoms with Gasteiger partial charge in [0.15, 0.2) is 0 Å². The number of nitrogens with one attached hydrogen (secondary N) is 2. The molecule has 0 aliphatic carbocycles. The number of imidazole rings is 1. The number of aryl methyl sites for hydroxylation is 1. The molecule has 0 aliphatic rings. The first-order chi connectivity index (χ1) is 12.4. The Kier molecular flexibility index (Phi) is 5.30. The minimum atomic E-state index is -0.221. The molecule has 0 saturated carbocycles. The van der Waals surface area contributed by atoms with Gasteiger partial charge in [0.25, 0.3) is 0 Å². The molecule has 2 heterocycles. The normalized spacial score (nSPS) is 12.5. The van der Waals surface area contributed by atoms with Crippen LogP contribution in [0, 0.1) is 12.8 Å². The molecule has 1 aromatic carbocycles. The standard InChI is InChI=1S/C20H26N4O2/c1-13(2)11-24(12-16-6-5-9-26-16)20(25)21-15(4)19-22-17-8-7-14(3)10-18(17)23-19/h5-10,13,15H,11-12H2,1-4H3,(H,21,25)(H,22,23). The zero-order valence-electron chi connectivity index (χ0n) is 15.7. The van der Waals surface area contributed by atoms with E-state index in [9.17, 15) is 4.79 Å². The van der Waals surface area contributed by atoms with E-state index in [1.54, 1.807) is 11.2 Å². The van der Waals surface area contributed by atoms with E-state index in [4.69, 9.17) is 4.42 Å². The summed E-state index contributed by atoms with van der Waals surface area (Å²) in [6.07, 6.45) is 1.62. The number of aromatic amines is 1. The van der Waals surface area contributed by atoms with Gasteiger partial charge in [-0.05, 0) is 49.6 Å². The second-order valence-corrected chi connectivity index (χ2v) is 7.17. The van der Waals surface area contributed by atoms with E-state index >= 15 is 0 Å². The van der Waals surface area contributed by atoms with E-state index in [1.165, 1.54) is 5.56 Å². The molecule has 138 valence electrons. The summed E-state index contributed by atoms with van der Waals surface area (Å²) in [5.41, 5.74) is 3.06. The predicted molar refractivity (Wildman–Crippen MR) is 102 cm³/mol. The van der Waals surface area contributed by atoms with Crippen molar-refractivity contribution in [3.8, 4) is 0 Å². The molecule has 0 radical (unpaired) electrons. The number of nitrogens with zero attached hydrogens (tertiary/aromatic N) is 2. The van der Waals surface area contributed by atoms with Gasteiger partial charge in [0.2, 0.25) is 0 Å². The van der Waals surface area contributed by atoms with Crippen molar-refractivity contribution in [1.82, 2.24) is 20.2 Å². The fraction of sp³-hybridized carbons (Fsp3) is 0.400. The van der Waals surface area contributed by atoms with Crippen molar-refractivity contribution in [2.45, 2.75) is 40.3 Å². The summed E-state index contributed by atoms with van der Waals surface area (Å²) < 4.78 is 5.40. The Morgan fingerprint density at radius 2 is 2.12 bits per heavy atom. The largest absolute Gasteiger partial charge is 0.467 e. The summed E-state index contributed by atoms with van der Waals surface area (Å²) in [6.45, 7) is 9.26. The van der Waals surface area contributed by atoms with Crippen molar-refractivity contribution in [2.24, 2.45) is 5.92 Å². The number of hydrogen-bond acceptors (Lipinski definition) is 3. The first-order valence-corrected chi connectivity index (χ1v) is 8.96. The molecule has 2 amide bonds. The number of benzene rings is 1. The number of hydrogen-bond donors (Lipinski definition) is 2. The van der Waals surface area contributed by atoms with E-state index < -0.39 is 0 Å². The van der Waals surface area contributed by atoms with Gasteiger partial charge in [0.05, 0.1) is 29.9 Å².